The molecule has 0 saturated carbocycles. The topological polar surface area (TPSA) is 21.7 Å². The molecule has 48 heavy (non-hydrogen) atoms. The van der Waals surface area contributed by atoms with Crippen LogP contribution in [0, 0.1) is 0 Å². The predicted molar refractivity (Wildman–Crippen MR) is 206 cm³/mol. The summed E-state index contributed by atoms with van der Waals surface area (Å²) in [5, 5.41) is 8.43. The van der Waals surface area contributed by atoms with E-state index in [2.05, 4.69) is 192 Å². The molecular weight excluding hydrogens is 601 g/mol. The summed E-state index contributed by atoms with van der Waals surface area (Å²) in [6.45, 7) is 18.4. The van der Waals surface area contributed by atoms with Gasteiger partial charge in [-0.05, 0) is 34.3 Å². The quantitative estimate of drug-likeness (QED) is 0.107. The van der Waals surface area contributed by atoms with Crippen LogP contribution in [0.3, 0.4) is 0 Å². The number of para-hydroxylation sites is 2. The van der Waals surface area contributed by atoms with Crippen molar-refractivity contribution in [2.24, 2.45) is 0 Å². The van der Waals surface area contributed by atoms with Crippen molar-refractivity contribution in [3.05, 3.63) is 150 Å². The first-order chi connectivity index (χ1) is 23.2. The van der Waals surface area contributed by atoms with Gasteiger partial charge in [-0.1, -0.05) is 192 Å². The van der Waals surface area contributed by atoms with Gasteiger partial charge in [-0.2, -0.15) is 0 Å². The van der Waals surface area contributed by atoms with Crippen LogP contribution in [0.1, 0.15) is 101 Å². The van der Waals surface area contributed by atoms with Crippen LogP contribution in [-0.4, -0.2) is 9.90 Å². The van der Waals surface area contributed by atoms with Gasteiger partial charge in [0, 0.05) is 35.7 Å². The molecule has 0 saturated heterocycles. The summed E-state index contributed by atoms with van der Waals surface area (Å²) in [6, 6.07) is 46.8. The van der Waals surface area contributed by atoms with Gasteiger partial charge in [0.25, 0.3) is 0 Å². The van der Waals surface area contributed by atoms with Gasteiger partial charge in [0.15, 0.2) is 11.4 Å². The highest BCUT2D eigenvalue weighted by Gasteiger charge is 2.40. The third-order valence-electron chi connectivity index (χ3n) is 9.20. The zero-order chi connectivity index (χ0) is 33.9. The van der Waals surface area contributed by atoms with Gasteiger partial charge in [-0.25, -0.2) is 0 Å². The van der Waals surface area contributed by atoms with E-state index < -0.39 is 7.92 Å². The Morgan fingerprint density at radius 3 is 1.29 bits per heavy atom. The smallest absolute Gasteiger partial charge is 0.0924 e. The predicted octanol–water partition coefficient (Wildman–Crippen LogP) is 10.1. The van der Waals surface area contributed by atoms with Crippen LogP contribution in [0.5, 0.6) is 0 Å². The number of benzene rings is 5. The monoisotopic (exact) mass is 650 g/mol. The molecule has 4 heteroatoms. The van der Waals surface area contributed by atoms with Gasteiger partial charge >= 0.3 is 0 Å². The number of rotatable bonds is 10. The van der Waals surface area contributed by atoms with E-state index in [0.29, 0.717) is 23.7 Å². The molecular formula is C44H49N3P+. The van der Waals surface area contributed by atoms with Crippen molar-refractivity contribution in [3.8, 4) is 22.6 Å². The summed E-state index contributed by atoms with van der Waals surface area (Å²) in [7, 11) is -1.04. The molecule has 1 heterocycles. The lowest BCUT2D eigenvalue weighted by molar-refractivity contribution is -0.644. The minimum absolute atomic E-state index is 0.318. The van der Waals surface area contributed by atoms with E-state index in [1.165, 1.54) is 55.2 Å². The van der Waals surface area contributed by atoms with Crippen molar-refractivity contribution >= 4 is 24.0 Å². The Hall–Kier alpha value is -4.33. The molecule has 0 radical (unpaired) electrons. The first kappa shape index (κ1) is 33.6. The highest BCUT2D eigenvalue weighted by Crippen LogP contribution is 2.40. The average Bonchev–Trinajstić information content (AvgIpc) is 3.48. The highest BCUT2D eigenvalue weighted by atomic mass is 31.1. The lowest BCUT2D eigenvalue weighted by Crippen LogP contribution is -2.50. The van der Waals surface area contributed by atoms with E-state index in [4.69, 9.17) is 5.21 Å². The summed E-state index contributed by atoms with van der Waals surface area (Å²) in [5.74, 6) is 1.28. The maximum absolute atomic E-state index is 5.82. The average molecular weight is 651 g/mol. The van der Waals surface area contributed by atoms with E-state index in [1.807, 2.05) is 0 Å². The molecule has 0 bridgehead atoms. The third-order valence-corrected chi connectivity index (χ3v) is 11.7. The Labute approximate surface area is 289 Å². The molecule has 0 atom stereocenters. The fourth-order valence-corrected chi connectivity index (χ4v) is 9.28. The Kier molecular flexibility index (Phi) is 10.1. The van der Waals surface area contributed by atoms with Crippen LogP contribution in [0.25, 0.3) is 22.6 Å². The van der Waals surface area contributed by atoms with E-state index in [0.717, 1.165) is 5.69 Å². The first-order valence-electron chi connectivity index (χ1n) is 17.5. The van der Waals surface area contributed by atoms with Crippen molar-refractivity contribution in [1.82, 2.24) is 9.90 Å². The van der Waals surface area contributed by atoms with Crippen molar-refractivity contribution < 1.29 is 4.68 Å². The summed E-state index contributed by atoms with van der Waals surface area (Å²) >= 11 is 0. The lowest BCUT2D eigenvalue weighted by Gasteiger charge is -2.20. The first-order valence-corrected chi connectivity index (χ1v) is 18.8. The molecule has 1 aromatic heterocycles. The van der Waals surface area contributed by atoms with Gasteiger partial charge in [0.05, 0.1) is 0 Å². The second-order valence-corrected chi connectivity index (χ2v) is 16.1. The molecule has 6 aromatic rings. The van der Waals surface area contributed by atoms with Gasteiger partial charge in [0.1, 0.15) is 5.21 Å². The van der Waals surface area contributed by atoms with Crippen molar-refractivity contribution in [2.45, 2.75) is 79.1 Å². The van der Waals surface area contributed by atoms with Crippen LogP contribution < -0.4 is 20.7 Å². The lowest BCUT2D eigenvalue weighted by atomic mass is 9.92. The van der Waals surface area contributed by atoms with Crippen LogP contribution in [0.4, 0.5) is 0 Å². The molecule has 5 aromatic carbocycles. The maximum atomic E-state index is 5.82. The molecule has 244 valence electrons. The Bertz CT molecular complexity index is 1880. The zero-order valence-electron chi connectivity index (χ0n) is 29.7. The van der Waals surface area contributed by atoms with Gasteiger partial charge in [0.2, 0.25) is 11.1 Å². The third kappa shape index (κ3) is 6.41. The highest BCUT2D eigenvalue weighted by molar-refractivity contribution is 7.79. The summed E-state index contributed by atoms with van der Waals surface area (Å²) < 4.78 is 4.68. The van der Waals surface area contributed by atoms with Gasteiger partial charge in [-0.3, -0.25) is 0 Å². The second kappa shape index (κ2) is 14.4. The van der Waals surface area contributed by atoms with E-state index >= 15 is 0 Å². The van der Waals surface area contributed by atoms with E-state index in [9.17, 15) is 0 Å². The van der Waals surface area contributed by atoms with Crippen LogP contribution in [-0.2, 0) is 0 Å². The second-order valence-electron chi connectivity index (χ2n) is 13.9. The number of nitrogens with zero attached hydrogens (tertiary/aromatic N) is 3. The molecule has 0 spiro atoms. The number of hydrogen-bond acceptors (Lipinski definition) is 1. The van der Waals surface area contributed by atoms with Crippen LogP contribution in [0.15, 0.2) is 127 Å². The maximum Gasteiger partial charge on any atom is 0.213 e. The largest absolute Gasteiger partial charge is 0.213 e. The molecule has 0 aliphatic carbocycles. The van der Waals surface area contributed by atoms with Crippen LogP contribution >= 0.6 is 7.92 Å². The molecule has 0 fully saturated rings. The number of hydrogen-bond donors (Lipinski definition) is 0. The standard InChI is InChI=1S/C44H49N3P/c1-30(2)37-26-18-27-38(31(3)4)42(37)46-41(34-20-12-9-13-21-34)44(48(35-22-14-10-15-23-35)36-24-16-11-17-25-36)47(45-46)43-39(32(5)6)28-19-29-40(43)33(7)8/h9-33H,1-8H3/q+1. The fraction of sp³-hybridized carbons (Fsp3) is 0.273. The Balaban J connectivity index is 1.89. The molecule has 0 amide bonds. The minimum atomic E-state index is -1.04. The van der Waals surface area contributed by atoms with Crippen molar-refractivity contribution in [3.63, 3.8) is 0 Å². The van der Waals surface area contributed by atoms with Crippen molar-refractivity contribution in [1.29, 1.82) is 0 Å². The summed E-state index contributed by atoms with van der Waals surface area (Å²) in [5.41, 5.74) is 11.2. The Morgan fingerprint density at radius 2 is 0.875 bits per heavy atom. The van der Waals surface area contributed by atoms with Crippen molar-refractivity contribution in [2.75, 3.05) is 0 Å². The fourth-order valence-electron chi connectivity index (χ4n) is 6.79. The summed E-state index contributed by atoms with van der Waals surface area (Å²) in [6.07, 6.45) is 0. The Morgan fingerprint density at radius 1 is 0.479 bits per heavy atom. The molecule has 6 rings (SSSR count). The zero-order valence-corrected chi connectivity index (χ0v) is 30.6. The minimum Gasteiger partial charge on any atom is -0.0924 e. The van der Waals surface area contributed by atoms with E-state index in [1.54, 1.807) is 0 Å². The summed E-state index contributed by atoms with van der Waals surface area (Å²) in [4.78, 5) is 0. The van der Waals surface area contributed by atoms with Gasteiger partial charge < -0.3 is 0 Å². The van der Waals surface area contributed by atoms with E-state index in [-0.39, 0.29) is 0 Å². The normalized spacial score (nSPS) is 11.9. The molecule has 0 aliphatic heterocycles. The van der Waals surface area contributed by atoms with Gasteiger partial charge in [-0.15, -0.1) is 0 Å². The molecule has 3 nitrogen and oxygen atoms in total. The molecule has 0 unspecified atom stereocenters. The SMILES string of the molecule is CC(C)c1cccc(C(C)C)c1-n1n[n+](-c2c(C(C)C)cccc2C(C)C)c(P(c2ccccc2)c2ccccc2)c1-c1ccccc1. The molecule has 0 aliphatic rings. The molecule has 0 N–H and O–H groups in total. The number of aromatic nitrogens is 3. The van der Waals surface area contributed by atoms with Crippen LogP contribution in [0.2, 0.25) is 0 Å².